The third-order valence-electron chi connectivity index (χ3n) is 8.83. The minimum Gasteiger partial charge on any atom is -0.276 e. The van der Waals surface area contributed by atoms with Crippen LogP contribution in [0.5, 0.6) is 0 Å². The van der Waals surface area contributed by atoms with Crippen molar-refractivity contribution in [1.82, 2.24) is 14.4 Å². The van der Waals surface area contributed by atoms with Crippen molar-refractivity contribution in [3.8, 4) is 33.6 Å². The first kappa shape index (κ1) is 27.4. The first-order valence-electron chi connectivity index (χ1n) is 15.6. The van der Waals surface area contributed by atoms with Gasteiger partial charge in [0.05, 0.1) is 33.2 Å². The lowest BCUT2D eigenvalue weighted by Gasteiger charge is -2.18. The summed E-state index contributed by atoms with van der Waals surface area (Å²) in [5.41, 5.74) is 8.14. The summed E-state index contributed by atoms with van der Waals surface area (Å²) in [4.78, 5) is 11.8. The summed E-state index contributed by atoms with van der Waals surface area (Å²) in [5, 5.41) is 4.42. The summed E-state index contributed by atoms with van der Waals surface area (Å²) in [6.45, 7) is 0. The maximum atomic E-state index is 13.6. The molecule has 47 heavy (non-hydrogen) atoms. The van der Waals surface area contributed by atoms with E-state index < -0.39 is 10.8 Å². The Hall–Kier alpha value is -5.91. The summed E-state index contributed by atoms with van der Waals surface area (Å²) >= 11 is 0. The van der Waals surface area contributed by atoms with Gasteiger partial charge in [-0.15, -0.1) is 0 Å². The Balaban J connectivity index is 1.34. The topological polar surface area (TPSA) is 47.3 Å². The van der Waals surface area contributed by atoms with E-state index in [1.54, 1.807) is 0 Å². The number of hydrogen-bond acceptors (Lipinski definition) is 3. The molecular formula is C42H27N3OS. The van der Waals surface area contributed by atoms with Crippen LogP contribution in [0.3, 0.4) is 0 Å². The predicted molar refractivity (Wildman–Crippen MR) is 193 cm³/mol. The zero-order chi connectivity index (χ0) is 31.3. The first-order valence-corrected chi connectivity index (χ1v) is 16.7. The molecule has 0 aliphatic carbocycles. The molecule has 9 rings (SSSR count). The highest BCUT2D eigenvalue weighted by atomic mass is 32.2. The molecular weight excluding hydrogens is 595 g/mol. The van der Waals surface area contributed by atoms with Gasteiger partial charge >= 0.3 is 0 Å². The minimum atomic E-state index is -1.29. The smallest absolute Gasteiger partial charge is 0.235 e. The van der Waals surface area contributed by atoms with Crippen LogP contribution in [0.1, 0.15) is 0 Å². The molecule has 5 heteroatoms. The molecule has 4 nitrogen and oxygen atoms in total. The zero-order valence-electron chi connectivity index (χ0n) is 25.2. The molecule has 2 heterocycles. The van der Waals surface area contributed by atoms with Crippen LogP contribution in [0.25, 0.3) is 72.0 Å². The third kappa shape index (κ3) is 4.55. The maximum Gasteiger partial charge on any atom is 0.235 e. The molecule has 0 N–H and O–H groups in total. The summed E-state index contributed by atoms with van der Waals surface area (Å²) in [7, 11) is -1.29. The van der Waals surface area contributed by atoms with Gasteiger partial charge in [-0.3, -0.25) is 4.40 Å². The van der Waals surface area contributed by atoms with Gasteiger partial charge in [0.1, 0.15) is 0 Å². The van der Waals surface area contributed by atoms with Crippen LogP contribution in [-0.4, -0.2) is 18.6 Å². The zero-order valence-corrected chi connectivity index (χ0v) is 26.1. The van der Waals surface area contributed by atoms with Crippen molar-refractivity contribution in [2.45, 2.75) is 9.79 Å². The van der Waals surface area contributed by atoms with Gasteiger partial charge in [0.15, 0.2) is 0 Å². The molecule has 1 unspecified atom stereocenters. The molecule has 0 saturated heterocycles. The summed E-state index contributed by atoms with van der Waals surface area (Å²) < 4.78 is 15.8. The second-order valence-electron chi connectivity index (χ2n) is 11.6. The van der Waals surface area contributed by atoms with Gasteiger partial charge in [-0.1, -0.05) is 121 Å². The number of rotatable bonds is 5. The van der Waals surface area contributed by atoms with Crippen molar-refractivity contribution in [1.29, 1.82) is 0 Å². The molecule has 0 aliphatic heterocycles. The van der Waals surface area contributed by atoms with Crippen molar-refractivity contribution >= 4 is 49.2 Å². The van der Waals surface area contributed by atoms with Crippen LogP contribution < -0.4 is 0 Å². The molecule has 7 aromatic carbocycles. The Bertz CT molecular complexity index is 2590. The summed E-state index contributed by atoms with van der Waals surface area (Å²) in [5.74, 6) is 0.663. The molecule has 0 bridgehead atoms. The number of fused-ring (bicyclic) bond motifs is 5. The van der Waals surface area contributed by atoms with Gasteiger partial charge in [-0.2, -0.15) is 0 Å². The molecule has 1 atom stereocenters. The monoisotopic (exact) mass is 621 g/mol. The van der Waals surface area contributed by atoms with Crippen molar-refractivity contribution in [3.63, 3.8) is 0 Å². The van der Waals surface area contributed by atoms with Gasteiger partial charge in [0.25, 0.3) is 0 Å². The Morgan fingerprint density at radius 1 is 0.468 bits per heavy atom. The van der Waals surface area contributed by atoms with E-state index in [1.165, 1.54) is 0 Å². The Kier molecular flexibility index (Phi) is 6.51. The average Bonchev–Trinajstić information content (AvgIpc) is 3.52. The van der Waals surface area contributed by atoms with Crippen LogP contribution in [0.4, 0.5) is 0 Å². The average molecular weight is 622 g/mol. The third-order valence-corrected chi connectivity index (χ3v) is 10.2. The Morgan fingerprint density at radius 3 is 1.72 bits per heavy atom. The predicted octanol–water partition coefficient (Wildman–Crippen LogP) is 10.4. The van der Waals surface area contributed by atoms with Crippen LogP contribution >= 0.6 is 0 Å². The van der Waals surface area contributed by atoms with Crippen molar-refractivity contribution in [2.75, 3.05) is 0 Å². The van der Waals surface area contributed by atoms with E-state index in [1.807, 2.05) is 66.7 Å². The number of benzene rings is 7. The molecule has 0 fully saturated rings. The van der Waals surface area contributed by atoms with Crippen LogP contribution in [0.2, 0.25) is 0 Å². The van der Waals surface area contributed by atoms with Crippen LogP contribution in [0.15, 0.2) is 174 Å². The summed E-state index contributed by atoms with van der Waals surface area (Å²) in [6, 6.07) is 55.7. The van der Waals surface area contributed by atoms with E-state index in [0.29, 0.717) is 5.78 Å². The van der Waals surface area contributed by atoms with Gasteiger partial charge in [0, 0.05) is 15.4 Å². The first-order chi connectivity index (χ1) is 23.2. The summed E-state index contributed by atoms with van der Waals surface area (Å²) in [6.07, 6.45) is 0. The van der Waals surface area contributed by atoms with E-state index in [9.17, 15) is 4.21 Å². The second-order valence-corrected chi connectivity index (χ2v) is 13.1. The van der Waals surface area contributed by atoms with Crippen LogP contribution in [0, 0.1) is 0 Å². The highest BCUT2D eigenvalue weighted by molar-refractivity contribution is 7.85. The number of para-hydroxylation sites is 2. The van der Waals surface area contributed by atoms with E-state index in [-0.39, 0.29) is 0 Å². The maximum absolute atomic E-state index is 13.6. The molecule has 222 valence electrons. The van der Waals surface area contributed by atoms with E-state index >= 15 is 0 Å². The fourth-order valence-electron chi connectivity index (χ4n) is 6.77. The fourth-order valence-corrected chi connectivity index (χ4v) is 7.88. The fraction of sp³-hybridized carbons (Fsp3) is 0. The molecule has 0 spiro atoms. The highest BCUT2D eigenvalue weighted by Crippen LogP contribution is 2.44. The normalized spacial score (nSPS) is 12.3. The Morgan fingerprint density at radius 2 is 1.02 bits per heavy atom. The van der Waals surface area contributed by atoms with Crippen molar-refractivity contribution < 1.29 is 4.21 Å². The van der Waals surface area contributed by atoms with E-state index in [4.69, 9.17) is 9.97 Å². The van der Waals surface area contributed by atoms with Crippen molar-refractivity contribution in [2.24, 2.45) is 0 Å². The number of aromatic nitrogens is 3. The lowest BCUT2D eigenvalue weighted by Crippen LogP contribution is -1.99. The van der Waals surface area contributed by atoms with Crippen LogP contribution in [-0.2, 0) is 10.8 Å². The minimum absolute atomic E-state index is 0.663. The molecule has 0 amide bonds. The van der Waals surface area contributed by atoms with Crippen molar-refractivity contribution in [3.05, 3.63) is 164 Å². The van der Waals surface area contributed by atoms with Gasteiger partial charge in [-0.25, -0.2) is 14.2 Å². The van der Waals surface area contributed by atoms with Gasteiger partial charge < -0.3 is 0 Å². The second kappa shape index (κ2) is 11.2. The Labute approximate surface area is 274 Å². The van der Waals surface area contributed by atoms with Gasteiger partial charge in [-0.05, 0) is 80.7 Å². The molecule has 9 aromatic rings. The quantitative estimate of drug-likeness (QED) is 0.180. The van der Waals surface area contributed by atoms with E-state index in [2.05, 4.69) is 101 Å². The SMILES string of the molecule is O=S(c1ccccc1)c1cccc(-c2c3ccccc3c(-c3cc(-c4ccccc4)n4c(n3)nc3ccccc34)c3ccccc23)c1. The molecule has 0 aliphatic rings. The van der Waals surface area contributed by atoms with E-state index in [0.717, 1.165) is 76.0 Å². The number of hydrogen-bond donors (Lipinski definition) is 0. The molecule has 2 aromatic heterocycles. The lowest BCUT2D eigenvalue weighted by molar-refractivity contribution is 0.683. The lowest BCUT2D eigenvalue weighted by atomic mass is 9.87. The van der Waals surface area contributed by atoms with Gasteiger partial charge in [0.2, 0.25) is 5.78 Å². The largest absolute Gasteiger partial charge is 0.276 e. The standard InChI is InChI=1S/C42H27N3OS/c46-47(30-17-5-2-6-18-30)31-19-13-16-29(26-31)40-32-20-7-9-22-34(32)41(35-23-10-8-21-33(35)40)37-27-39(28-14-3-1-4-15-28)45-38-25-12-11-24-36(38)43-42(45)44-37/h1-27H. The highest BCUT2D eigenvalue weighted by Gasteiger charge is 2.21. The number of nitrogens with zero attached hydrogens (tertiary/aromatic N) is 3. The number of imidazole rings is 1. The molecule has 0 radical (unpaired) electrons. The molecule has 0 saturated carbocycles.